The summed E-state index contributed by atoms with van der Waals surface area (Å²) >= 11 is 0. The maximum absolute atomic E-state index is 12.8. The van der Waals surface area contributed by atoms with Crippen LogP contribution in [0.2, 0.25) is 0 Å². The minimum Gasteiger partial charge on any atom is -0.469 e. The molecule has 0 spiro atoms. The number of carbonyl (C=O) groups excluding carboxylic acids is 2. The maximum atomic E-state index is 12.8. The fourth-order valence-corrected chi connectivity index (χ4v) is 3.65. The average molecular weight is 429 g/mol. The van der Waals surface area contributed by atoms with Gasteiger partial charge in [-0.25, -0.2) is 0 Å². The lowest BCUT2D eigenvalue weighted by Gasteiger charge is -2.21. The number of benzene rings is 2. The van der Waals surface area contributed by atoms with Gasteiger partial charge in [-0.15, -0.1) is 0 Å². The third-order valence-corrected chi connectivity index (χ3v) is 5.13. The molecule has 1 aliphatic carbocycles. The van der Waals surface area contributed by atoms with Gasteiger partial charge in [0.05, 0.1) is 18.6 Å². The summed E-state index contributed by atoms with van der Waals surface area (Å²) < 4.78 is 43.4. The highest BCUT2D eigenvalue weighted by Crippen LogP contribution is 2.34. The zero-order chi connectivity index (χ0) is 22.4. The summed E-state index contributed by atoms with van der Waals surface area (Å²) in [5.41, 5.74) is 0.339. The van der Waals surface area contributed by atoms with Gasteiger partial charge in [0.2, 0.25) is 5.91 Å². The molecule has 3 unspecified atom stereocenters. The molecule has 0 radical (unpaired) electrons. The molecule has 0 bridgehead atoms. The van der Waals surface area contributed by atoms with Crippen LogP contribution in [0.4, 0.5) is 13.2 Å². The number of nitrogens with one attached hydrogen (secondary N) is 1. The van der Waals surface area contributed by atoms with Gasteiger partial charge in [0, 0.05) is 12.1 Å². The van der Waals surface area contributed by atoms with E-state index in [1.165, 1.54) is 31.4 Å². The molecule has 1 N–H and O–H groups in total. The minimum atomic E-state index is -4.44. The van der Waals surface area contributed by atoms with Crippen LogP contribution in [-0.2, 0) is 20.5 Å². The SMILES string of the molecule is COC(=O)C(c1ccccc1)C1C=CC(NC(=O)/C=C/c2cccc(C(F)(F)F)c2)C1. The molecule has 4 nitrogen and oxygen atoms in total. The lowest BCUT2D eigenvalue weighted by Crippen LogP contribution is -2.32. The van der Waals surface area contributed by atoms with Crippen LogP contribution in [-0.4, -0.2) is 25.0 Å². The molecule has 3 rings (SSSR count). The first kappa shape index (κ1) is 22.3. The van der Waals surface area contributed by atoms with Crippen LogP contribution in [0.5, 0.6) is 0 Å². The molecule has 0 aromatic heterocycles. The van der Waals surface area contributed by atoms with Crippen molar-refractivity contribution in [3.8, 4) is 0 Å². The van der Waals surface area contributed by atoms with E-state index < -0.39 is 23.6 Å². The summed E-state index contributed by atoms with van der Waals surface area (Å²) in [6.07, 6.45) is 2.31. The van der Waals surface area contributed by atoms with Crippen LogP contribution in [0.25, 0.3) is 6.08 Å². The lowest BCUT2D eigenvalue weighted by atomic mass is 9.85. The topological polar surface area (TPSA) is 55.4 Å². The molecule has 1 amide bonds. The predicted molar refractivity (Wildman–Crippen MR) is 111 cm³/mol. The minimum absolute atomic E-state index is 0.146. The van der Waals surface area contributed by atoms with E-state index >= 15 is 0 Å². The normalized spacial score (nSPS) is 19.4. The predicted octanol–water partition coefficient (Wildman–Crippen LogP) is 4.74. The Bertz CT molecular complexity index is 983. The van der Waals surface area contributed by atoms with Crippen LogP contribution >= 0.6 is 0 Å². The number of carbonyl (C=O) groups is 2. The molecule has 2 aromatic rings. The van der Waals surface area contributed by atoms with E-state index in [-0.39, 0.29) is 23.5 Å². The highest BCUT2D eigenvalue weighted by Gasteiger charge is 2.34. The molecule has 0 saturated heterocycles. The van der Waals surface area contributed by atoms with Crippen molar-refractivity contribution in [1.82, 2.24) is 5.32 Å². The van der Waals surface area contributed by atoms with Crippen LogP contribution in [0.1, 0.15) is 29.0 Å². The number of halogens is 3. The van der Waals surface area contributed by atoms with Gasteiger partial charge < -0.3 is 10.1 Å². The molecule has 162 valence electrons. The Hall–Kier alpha value is -3.35. The van der Waals surface area contributed by atoms with Gasteiger partial charge >= 0.3 is 12.1 Å². The Morgan fingerprint density at radius 1 is 1.10 bits per heavy atom. The molecule has 0 heterocycles. The third kappa shape index (κ3) is 5.84. The van der Waals surface area contributed by atoms with Crippen LogP contribution in [0.3, 0.4) is 0 Å². The van der Waals surface area contributed by atoms with Crippen LogP contribution in [0, 0.1) is 5.92 Å². The first-order valence-electron chi connectivity index (χ1n) is 9.75. The zero-order valence-electron chi connectivity index (χ0n) is 16.8. The molecule has 0 saturated carbocycles. The molecule has 3 atom stereocenters. The van der Waals surface area contributed by atoms with Crippen LogP contribution in [0.15, 0.2) is 72.8 Å². The van der Waals surface area contributed by atoms with E-state index in [4.69, 9.17) is 4.74 Å². The number of methoxy groups -OCH3 is 1. The fourth-order valence-electron chi connectivity index (χ4n) is 3.65. The Balaban J connectivity index is 1.62. The Morgan fingerprint density at radius 2 is 1.84 bits per heavy atom. The van der Waals surface area contributed by atoms with E-state index in [2.05, 4.69) is 5.32 Å². The van der Waals surface area contributed by atoms with Gasteiger partial charge in [-0.2, -0.15) is 13.2 Å². The maximum Gasteiger partial charge on any atom is 0.416 e. The van der Waals surface area contributed by atoms with Crippen molar-refractivity contribution in [2.24, 2.45) is 5.92 Å². The summed E-state index contributed by atoms with van der Waals surface area (Å²) in [6.45, 7) is 0. The third-order valence-electron chi connectivity index (χ3n) is 5.13. The van der Waals surface area contributed by atoms with E-state index in [9.17, 15) is 22.8 Å². The quantitative estimate of drug-likeness (QED) is 0.410. The lowest BCUT2D eigenvalue weighted by molar-refractivity contribution is -0.143. The number of esters is 1. The molecular weight excluding hydrogens is 407 g/mol. The van der Waals surface area contributed by atoms with Gasteiger partial charge in [-0.05, 0) is 41.7 Å². The Kier molecular flexibility index (Phi) is 6.95. The Labute approximate surface area is 178 Å². The number of alkyl halides is 3. The van der Waals surface area contributed by atoms with Crippen LogP contribution < -0.4 is 5.32 Å². The highest BCUT2D eigenvalue weighted by atomic mass is 19.4. The number of hydrogen-bond donors (Lipinski definition) is 1. The van der Waals surface area contributed by atoms with E-state index in [1.807, 2.05) is 42.5 Å². The molecular formula is C24H22F3NO3. The first-order valence-corrected chi connectivity index (χ1v) is 9.75. The largest absolute Gasteiger partial charge is 0.469 e. The molecule has 2 aromatic carbocycles. The van der Waals surface area contributed by atoms with Crippen molar-refractivity contribution in [2.75, 3.05) is 7.11 Å². The second-order valence-electron chi connectivity index (χ2n) is 7.27. The summed E-state index contributed by atoms with van der Waals surface area (Å²) in [5.74, 6) is -1.41. The van der Waals surface area contributed by atoms with Gasteiger partial charge in [-0.1, -0.05) is 54.6 Å². The second-order valence-corrected chi connectivity index (χ2v) is 7.27. The van der Waals surface area contributed by atoms with Crippen molar-refractivity contribution >= 4 is 18.0 Å². The number of ether oxygens (including phenoxy) is 1. The standard InChI is InChI=1S/C24H22F3NO3/c1-31-23(30)22(17-7-3-2-4-8-17)18-11-12-20(15-18)28-21(29)13-10-16-6-5-9-19(14-16)24(25,26)27/h2-14,18,20,22H,15H2,1H3,(H,28,29)/b13-10+. The average Bonchev–Trinajstić information content (AvgIpc) is 3.20. The van der Waals surface area contributed by atoms with Crippen molar-refractivity contribution in [1.29, 1.82) is 0 Å². The number of hydrogen-bond acceptors (Lipinski definition) is 3. The number of rotatable bonds is 6. The van der Waals surface area contributed by atoms with E-state index in [1.54, 1.807) is 0 Å². The molecule has 31 heavy (non-hydrogen) atoms. The molecule has 0 aliphatic heterocycles. The smallest absolute Gasteiger partial charge is 0.416 e. The van der Waals surface area contributed by atoms with Crippen molar-refractivity contribution in [3.63, 3.8) is 0 Å². The zero-order valence-corrected chi connectivity index (χ0v) is 16.8. The van der Waals surface area contributed by atoms with Crippen molar-refractivity contribution in [2.45, 2.75) is 24.6 Å². The van der Waals surface area contributed by atoms with Gasteiger partial charge in [0.1, 0.15) is 0 Å². The van der Waals surface area contributed by atoms with Gasteiger partial charge in [0.25, 0.3) is 0 Å². The number of amides is 1. The first-order chi connectivity index (χ1) is 14.8. The summed E-state index contributed by atoms with van der Waals surface area (Å²) in [4.78, 5) is 24.6. The summed E-state index contributed by atoms with van der Waals surface area (Å²) in [6, 6.07) is 13.7. The molecule has 7 heteroatoms. The fraction of sp³-hybridized carbons (Fsp3) is 0.250. The van der Waals surface area contributed by atoms with Crippen molar-refractivity contribution in [3.05, 3.63) is 89.5 Å². The monoisotopic (exact) mass is 429 g/mol. The van der Waals surface area contributed by atoms with Crippen molar-refractivity contribution < 1.29 is 27.5 Å². The van der Waals surface area contributed by atoms with Gasteiger partial charge in [0.15, 0.2) is 0 Å². The molecule has 0 fully saturated rings. The summed E-state index contributed by atoms with van der Waals surface area (Å²) in [7, 11) is 1.34. The van der Waals surface area contributed by atoms with E-state index in [0.717, 1.165) is 17.7 Å². The van der Waals surface area contributed by atoms with E-state index in [0.29, 0.717) is 6.42 Å². The number of allylic oxidation sites excluding steroid dienone is 1. The summed E-state index contributed by atoms with van der Waals surface area (Å²) in [5, 5.41) is 2.80. The second kappa shape index (κ2) is 9.64. The highest BCUT2D eigenvalue weighted by molar-refractivity contribution is 5.92. The molecule has 1 aliphatic rings. The van der Waals surface area contributed by atoms with Gasteiger partial charge in [-0.3, -0.25) is 9.59 Å². The Morgan fingerprint density at radius 3 is 2.52 bits per heavy atom.